The molecule has 110 valence electrons. The lowest BCUT2D eigenvalue weighted by atomic mass is 10.1. The standard InChI is InChI=1S/C15H28ClN3/c1-4-6-7-8-9-10-11-17-12-14-15(16)13(3)18-19(14)5-2/h17H,4-12H2,1-3H3. The van der Waals surface area contributed by atoms with Crippen LogP contribution in [0.15, 0.2) is 0 Å². The molecule has 0 aliphatic rings. The zero-order chi connectivity index (χ0) is 14.1. The fourth-order valence-corrected chi connectivity index (χ4v) is 2.48. The second-order valence-electron chi connectivity index (χ2n) is 5.11. The van der Waals surface area contributed by atoms with Gasteiger partial charge in [0, 0.05) is 13.1 Å². The number of unbranched alkanes of at least 4 members (excludes halogenated alkanes) is 5. The lowest BCUT2D eigenvalue weighted by Crippen LogP contribution is -2.18. The predicted molar refractivity (Wildman–Crippen MR) is 82.7 cm³/mol. The Morgan fingerprint density at radius 3 is 2.47 bits per heavy atom. The summed E-state index contributed by atoms with van der Waals surface area (Å²) in [4.78, 5) is 0. The lowest BCUT2D eigenvalue weighted by Gasteiger charge is -2.07. The SMILES string of the molecule is CCCCCCCCNCc1c(Cl)c(C)nn1CC. The molecule has 1 aromatic rings. The Labute approximate surface area is 122 Å². The molecule has 0 atom stereocenters. The quantitative estimate of drug-likeness (QED) is 0.649. The monoisotopic (exact) mass is 285 g/mol. The molecule has 0 bridgehead atoms. The van der Waals surface area contributed by atoms with Crippen LogP contribution in [-0.4, -0.2) is 16.3 Å². The van der Waals surface area contributed by atoms with Crippen LogP contribution in [0.5, 0.6) is 0 Å². The molecule has 1 rings (SSSR count). The van der Waals surface area contributed by atoms with Crippen LogP contribution in [0.2, 0.25) is 5.02 Å². The van der Waals surface area contributed by atoms with Gasteiger partial charge in [-0.15, -0.1) is 0 Å². The Bertz CT molecular complexity index is 361. The van der Waals surface area contributed by atoms with Crippen molar-refractivity contribution in [2.75, 3.05) is 6.54 Å². The molecule has 19 heavy (non-hydrogen) atoms. The molecule has 0 spiro atoms. The first-order chi connectivity index (χ1) is 9.20. The summed E-state index contributed by atoms with van der Waals surface area (Å²) >= 11 is 6.27. The van der Waals surface area contributed by atoms with Gasteiger partial charge in [-0.2, -0.15) is 5.10 Å². The minimum absolute atomic E-state index is 0.817. The van der Waals surface area contributed by atoms with Crippen LogP contribution in [-0.2, 0) is 13.1 Å². The number of halogens is 1. The number of nitrogens with zero attached hydrogens (tertiary/aromatic N) is 2. The summed E-state index contributed by atoms with van der Waals surface area (Å²) in [6.07, 6.45) is 8.01. The summed E-state index contributed by atoms with van der Waals surface area (Å²) in [6.45, 7) is 9.08. The normalized spacial score (nSPS) is 11.2. The van der Waals surface area contributed by atoms with Crippen LogP contribution in [0.4, 0.5) is 0 Å². The number of hydrogen-bond acceptors (Lipinski definition) is 2. The summed E-state index contributed by atoms with van der Waals surface area (Å²) in [5.74, 6) is 0. The van der Waals surface area contributed by atoms with E-state index in [9.17, 15) is 0 Å². The van der Waals surface area contributed by atoms with E-state index in [1.165, 1.54) is 38.5 Å². The molecule has 0 radical (unpaired) electrons. The number of hydrogen-bond donors (Lipinski definition) is 1. The van der Waals surface area contributed by atoms with E-state index in [-0.39, 0.29) is 0 Å². The molecule has 0 fully saturated rings. The molecule has 4 heteroatoms. The highest BCUT2D eigenvalue weighted by Gasteiger charge is 2.11. The Kier molecular flexibility index (Phi) is 8.15. The largest absolute Gasteiger partial charge is 0.311 e. The average Bonchev–Trinajstić information content (AvgIpc) is 2.69. The molecule has 0 saturated carbocycles. The highest BCUT2D eigenvalue weighted by Crippen LogP contribution is 2.19. The molecular weight excluding hydrogens is 258 g/mol. The van der Waals surface area contributed by atoms with Crippen molar-refractivity contribution in [1.82, 2.24) is 15.1 Å². The molecule has 0 aliphatic carbocycles. The Hall–Kier alpha value is -0.540. The molecular formula is C15H28ClN3. The van der Waals surface area contributed by atoms with Crippen molar-refractivity contribution in [3.63, 3.8) is 0 Å². The highest BCUT2D eigenvalue weighted by molar-refractivity contribution is 6.31. The Balaban J connectivity index is 2.19. The van der Waals surface area contributed by atoms with E-state index in [2.05, 4.69) is 24.3 Å². The summed E-state index contributed by atoms with van der Waals surface area (Å²) in [5.41, 5.74) is 2.05. The maximum absolute atomic E-state index is 6.27. The van der Waals surface area contributed by atoms with E-state index >= 15 is 0 Å². The predicted octanol–water partition coefficient (Wildman–Crippen LogP) is 4.31. The number of aromatic nitrogens is 2. The first-order valence-electron chi connectivity index (χ1n) is 7.63. The third kappa shape index (κ3) is 5.53. The van der Waals surface area contributed by atoms with Crippen LogP contribution in [0.1, 0.15) is 63.8 Å². The van der Waals surface area contributed by atoms with E-state index in [0.717, 1.165) is 36.0 Å². The van der Waals surface area contributed by atoms with Crippen LogP contribution < -0.4 is 5.32 Å². The van der Waals surface area contributed by atoms with E-state index in [1.54, 1.807) is 0 Å². The van der Waals surface area contributed by atoms with E-state index < -0.39 is 0 Å². The van der Waals surface area contributed by atoms with Crippen molar-refractivity contribution >= 4 is 11.6 Å². The van der Waals surface area contributed by atoms with Gasteiger partial charge in [0.1, 0.15) is 0 Å². The van der Waals surface area contributed by atoms with Crippen molar-refractivity contribution in [3.8, 4) is 0 Å². The summed E-state index contributed by atoms with van der Waals surface area (Å²) < 4.78 is 1.99. The van der Waals surface area contributed by atoms with Crippen LogP contribution in [0.3, 0.4) is 0 Å². The van der Waals surface area contributed by atoms with Crippen molar-refractivity contribution in [3.05, 3.63) is 16.4 Å². The van der Waals surface area contributed by atoms with Crippen LogP contribution in [0, 0.1) is 6.92 Å². The maximum atomic E-state index is 6.27. The molecule has 0 amide bonds. The number of aryl methyl sites for hydroxylation is 2. The minimum atomic E-state index is 0.817. The van der Waals surface area contributed by atoms with Crippen molar-refractivity contribution < 1.29 is 0 Å². The molecule has 1 heterocycles. The highest BCUT2D eigenvalue weighted by atomic mass is 35.5. The first kappa shape index (κ1) is 16.5. The number of rotatable bonds is 10. The number of nitrogens with one attached hydrogen (secondary N) is 1. The van der Waals surface area contributed by atoms with Crippen molar-refractivity contribution in [2.24, 2.45) is 0 Å². The van der Waals surface area contributed by atoms with E-state index in [0.29, 0.717) is 0 Å². The summed E-state index contributed by atoms with van der Waals surface area (Å²) in [5, 5.41) is 8.72. The Morgan fingerprint density at radius 2 is 1.79 bits per heavy atom. The topological polar surface area (TPSA) is 29.9 Å². The zero-order valence-corrected chi connectivity index (χ0v) is 13.4. The lowest BCUT2D eigenvalue weighted by molar-refractivity contribution is 0.547. The molecule has 3 nitrogen and oxygen atoms in total. The first-order valence-corrected chi connectivity index (χ1v) is 8.01. The van der Waals surface area contributed by atoms with Gasteiger partial charge >= 0.3 is 0 Å². The maximum Gasteiger partial charge on any atom is 0.0860 e. The van der Waals surface area contributed by atoms with Crippen molar-refractivity contribution in [1.29, 1.82) is 0 Å². The van der Waals surface area contributed by atoms with Gasteiger partial charge in [0.15, 0.2) is 0 Å². The van der Waals surface area contributed by atoms with Crippen LogP contribution in [0.25, 0.3) is 0 Å². The summed E-state index contributed by atoms with van der Waals surface area (Å²) in [6, 6.07) is 0. The van der Waals surface area contributed by atoms with Crippen molar-refractivity contribution in [2.45, 2.75) is 72.4 Å². The van der Waals surface area contributed by atoms with E-state index in [1.807, 2.05) is 11.6 Å². The Morgan fingerprint density at radius 1 is 1.11 bits per heavy atom. The summed E-state index contributed by atoms with van der Waals surface area (Å²) in [7, 11) is 0. The van der Waals surface area contributed by atoms with Gasteiger partial charge in [-0.05, 0) is 26.8 Å². The fourth-order valence-electron chi connectivity index (χ4n) is 2.27. The molecule has 0 aliphatic heterocycles. The molecule has 1 aromatic heterocycles. The molecule has 0 unspecified atom stereocenters. The molecule has 0 aromatic carbocycles. The third-order valence-electron chi connectivity index (χ3n) is 3.45. The smallest absolute Gasteiger partial charge is 0.0860 e. The second-order valence-corrected chi connectivity index (χ2v) is 5.48. The van der Waals surface area contributed by atoms with Gasteiger partial charge in [0.2, 0.25) is 0 Å². The second kappa shape index (κ2) is 9.38. The van der Waals surface area contributed by atoms with Gasteiger partial charge in [-0.25, -0.2) is 0 Å². The average molecular weight is 286 g/mol. The minimum Gasteiger partial charge on any atom is -0.311 e. The van der Waals surface area contributed by atoms with Gasteiger partial charge in [0.25, 0.3) is 0 Å². The molecule has 0 saturated heterocycles. The van der Waals surface area contributed by atoms with Gasteiger partial charge in [0.05, 0.1) is 16.4 Å². The fraction of sp³-hybridized carbons (Fsp3) is 0.800. The van der Waals surface area contributed by atoms with Gasteiger partial charge in [-0.3, -0.25) is 4.68 Å². The molecule has 1 N–H and O–H groups in total. The zero-order valence-electron chi connectivity index (χ0n) is 12.6. The van der Waals surface area contributed by atoms with E-state index in [4.69, 9.17) is 11.6 Å². The third-order valence-corrected chi connectivity index (χ3v) is 3.94. The van der Waals surface area contributed by atoms with Gasteiger partial charge in [-0.1, -0.05) is 50.6 Å². The van der Waals surface area contributed by atoms with Gasteiger partial charge < -0.3 is 5.32 Å². The van der Waals surface area contributed by atoms with Crippen LogP contribution >= 0.6 is 11.6 Å².